The standard InChI is InChI=1S/C12H17F2N/c1-9-4-3-5-10(6-9)7-12(2,8-15)11(13)14/h3-6,11H,7-8,15H2,1-2H3. The molecule has 1 atom stereocenters. The average Bonchev–Trinajstić information content (AvgIpc) is 2.17. The monoisotopic (exact) mass is 213 g/mol. The Kier molecular flexibility index (Phi) is 3.80. The zero-order chi connectivity index (χ0) is 11.5. The molecule has 2 N–H and O–H groups in total. The fraction of sp³-hybridized carbons (Fsp3) is 0.500. The Morgan fingerprint density at radius 1 is 1.40 bits per heavy atom. The predicted octanol–water partition coefficient (Wildman–Crippen LogP) is 2.77. The first kappa shape index (κ1) is 12.1. The minimum atomic E-state index is -2.39. The van der Waals surface area contributed by atoms with Gasteiger partial charge in [0.15, 0.2) is 0 Å². The number of hydrogen-bond acceptors (Lipinski definition) is 1. The van der Waals surface area contributed by atoms with Gasteiger partial charge < -0.3 is 5.73 Å². The van der Waals surface area contributed by atoms with Gasteiger partial charge in [-0.3, -0.25) is 0 Å². The second kappa shape index (κ2) is 4.71. The van der Waals surface area contributed by atoms with Crippen LogP contribution in [0.1, 0.15) is 18.1 Å². The van der Waals surface area contributed by atoms with E-state index < -0.39 is 11.8 Å². The van der Waals surface area contributed by atoms with Crippen molar-refractivity contribution in [2.45, 2.75) is 26.7 Å². The van der Waals surface area contributed by atoms with Crippen LogP contribution in [-0.2, 0) is 6.42 Å². The van der Waals surface area contributed by atoms with E-state index in [0.717, 1.165) is 11.1 Å². The van der Waals surface area contributed by atoms with Crippen LogP contribution in [0.5, 0.6) is 0 Å². The van der Waals surface area contributed by atoms with Gasteiger partial charge in [0.05, 0.1) is 0 Å². The van der Waals surface area contributed by atoms with Gasteiger partial charge in [-0.25, -0.2) is 8.78 Å². The lowest BCUT2D eigenvalue weighted by atomic mass is 9.84. The maximum absolute atomic E-state index is 12.8. The quantitative estimate of drug-likeness (QED) is 0.817. The van der Waals surface area contributed by atoms with Crippen LogP contribution >= 0.6 is 0 Å². The Labute approximate surface area is 89.3 Å². The van der Waals surface area contributed by atoms with E-state index in [0.29, 0.717) is 6.42 Å². The second-order valence-corrected chi connectivity index (χ2v) is 4.32. The molecule has 0 heterocycles. The second-order valence-electron chi connectivity index (χ2n) is 4.32. The summed E-state index contributed by atoms with van der Waals surface area (Å²) in [6.45, 7) is 3.48. The third-order valence-electron chi connectivity index (χ3n) is 2.68. The maximum Gasteiger partial charge on any atom is 0.245 e. The van der Waals surface area contributed by atoms with Crippen molar-refractivity contribution in [3.8, 4) is 0 Å². The van der Waals surface area contributed by atoms with Gasteiger partial charge in [0, 0.05) is 12.0 Å². The van der Waals surface area contributed by atoms with Gasteiger partial charge in [-0.2, -0.15) is 0 Å². The molecule has 15 heavy (non-hydrogen) atoms. The predicted molar refractivity (Wildman–Crippen MR) is 58.0 cm³/mol. The number of alkyl halides is 2. The van der Waals surface area contributed by atoms with Crippen LogP contribution in [0.3, 0.4) is 0 Å². The normalized spacial score (nSPS) is 15.3. The molecule has 0 aromatic heterocycles. The zero-order valence-electron chi connectivity index (χ0n) is 9.13. The van der Waals surface area contributed by atoms with Crippen molar-refractivity contribution in [3.63, 3.8) is 0 Å². The molecule has 0 spiro atoms. The highest BCUT2D eigenvalue weighted by Crippen LogP contribution is 2.29. The number of aryl methyl sites for hydroxylation is 1. The minimum absolute atomic E-state index is 0.00138. The fourth-order valence-electron chi connectivity index (χ4n) is 1.53. The van der Waals surface area contributed by atoms with Gasteiger partial charge in [-0.05, 0) is 18.9 Å². The minimum Gasteiger partial charge on any atom is -0.330 e. The van der Waals surface area contributed by atoms with Crippen molar-refractivity contribution >= 4 is 0 Å². The van der Waals surface area contributed by atoms with E-state index in [1.54, 1.807) is 0 Å². The molecule has 0 bridgehead atoms. The average molecular weight is 213 g/mol. The topological polar surface area (TPSA) is 26.0 Å². The van der Waals surface area contributed by atoms with E-state index in [2.05, 4.69) is 0 Å². The third kappa shape index (κ3) is 2.99. The summed E-state index contributed by atoms with van der Waals surface area (Å²) in [7, 11) is 0. The van der Waals surface area contributed by atoms with Crippen molar-refractivity contribution in [2.75, 3.05) is 6.54 Å². The van der Waals surface area contributed by atoms with E-state index in [1.165, 1.54) is 6.92 Å². The van der Waals surface area contributed by atoms with E-state index in [9.17, 15) is 8.78 Å². The highest BCUT2D eigenvalue weighted by Gasteiger charge is 2.33. The summed E-state index contributed by atoms with van der Waals surface area (Å²) >= 11 is 0. The van der Waals surface area contributed by atoms with E-state index in [1.807, 2.05) is 31.2 Å². The molecule has 1 rings (SSSR count). The largest absolute Gasteiger partial charge is 0.330 e. The van der Waals surface area contributed by atoms with Crippen LogP contribution in [0, 0.1) is 12.3 Å². The Balaban J connectivity index is 2.84. The van der Waals surface area contributed by atoms with Crippen molar-refractivity contribution in [3.05, 3.63) is 35.4 Å². The molecular weight excluding hydrogens is 196 g/mol. The Morgan fingerprint density at radius 2 is 2.07 bits per heavy atom. The summed E-state index contributed by atoms with van der Waals surface area (Å²) in [6.07, 6.45) is -2.06. The van der Waals surface area contributed by atoms with Crippen LogP contribution in [0.2, 0.25) is 0 Å². The molecule has 1 unspecified atom stereocenters. The Hall–Kier alpha value is -0.960. The third-order valence-corrected chi connectivity index (χ3v) is 2.68. The molecule has 1 nitrogen and oxygen atoms in total. The van der Waals surface area contributed by atoms with E-state index in [-0.39, 0.29) is 6.54 Å². The molecule has 0 aliphatic carbocycles. The molecular formula is C12H17F2N. The lowest BCUT2D eigenvalue weighted by molar-refractivity contribution is 0.0133. The molecule has 0 amide bonds. The fourth-order valence-corrected chi connectivity index (χ4v) is 1.53. The number of nitrogens with two attached hydrogens (primary N) is 1. The van der Waals surface area contributed by atoms with Gasteiger partial charge in [0.2, 0.25) is 6.43 Å². The van der Waals surface area contributed by atoms with Crippen LogP contribution in [0.15, 0.2) is 24.3 Å². The summed E-state index contributed by atoms with van der Waals surface area (Å²) < 4.78 is 25.6. The summed E-state index contributed by atoms with van der Waals surface area (Å²) in [6, 6.07) is 7.62. The summed E-state index contributed by atoms with van der Waals surface area (Å²) in [5.41, 5.74) is 6.30. The van der Waals surface area contributed by atoms with Crippen LogP contribution in [0.4, 0.5) is 8.78 Å². The number of halogens is 2. The van der Waals surface area contributed by atoms with Crippen LogP contribution < -0.4 is 5.73 Å². The molecule has 1 aromatic rings. The smallest absolute Gasteiger partial charge is 0.245 e. The molecule has 0 radical (unpaired) electrons. The summed E-state index contributed by atoms with van der Waals surface area (Å²) in [5.74, 6) is 0. The molecule has 1 aromatic carbocycles. The highest BCUT2D eigenvalue weighted by atomic mass is 19.3. The molecule has 0 aliphatic heterocycles. The maximum atomic E-state index is 12.8. The van der Waals surface area contributed by atoms with Crippen molar-refractivity contribution in [1.29, 1.82) is 0 Å². The lowest BCUT2D eigenvalue weighted by Gasteiger charge is -2.27. The van der Waals surface area contributed by atoms with E-state index in [4.69, 9.17) is 5.73 Å². The van der Waals surface area contributed by atoms with Crippen LogP contribution in [-0.4, -0.2) is 13.0 Å². The van der Waals surface area contributed by atoms with Crippen molar-refractivity contribution < 1.29 is 8.78 Å². The van der Waals surface area contributed by atoms with Gasteiger partial charge in [0.1, 0.15) is 0 Å². The zero-order valence-corrected chi connectivity index (χ0v) is 9.13. The van der Waals surface area contributed by atoms with Gasteiger partial charge >= 0.3 is 0 Å². The van der Waals surface area contributed by atoms with Gasteiger partial charge in [-0.1, -0.05) is 36.8 Å². The van der Waals surface area contributed by atoms with Crippen molar-refractivity contribution in [1.82, 2.24) is 0 Å². The first-order valence-electron chi connectivity index (χ1n) is 5.02. The Morgan fingerprint density at radius 3 is 2.53 bits per heavy atom. The molecule has 84 valence electrons. The molecule has 0 fully saturated rings. The summed E-state index contributed by atoms with van der Waals surface area (Å²) in [4.78, 5) is 0. The lowest BCUT2D eigenvalue weighted by Crippen LogP contribution is -2.36. The molecule has 0 saturated carbocycles. The molecule has 3 heteroatoms. The number of hydrogen-bond donors (Lipinski definition) is 1. The highest BCUT2D eigenvalue weighted by molar-refractivity contribution is 5.23. The SMILES string of the molecule is Cc1cccc(CC(C)(CN)C(F)F)c1. The number of benzene rings is 1. The molecule has 0 saturated heterocycles. The van der Waals surface area contributed by atoms with Gasteiger partial charge in [-0.15, -0.1) is 0 Å². The number of rotatable bonds is 4. The first-order chi connectivity index (χ1) is 6.98. The molecule has 0 aliphatic rings. The van der Waals surface area contributed by atoms with E-state index >= 15 is 0 Å². The first-order valence-corrected chi connectivity index (χ1v) is 5.02. The van der Waals surface area contributed by atoms with Gasteiger partial charge in [0.25, 0.3) is 0 Å². The Bertz CT molecular complexity index is 325. The summed E-state index contributed by atoms with van der Waals surface area (Å²) in [5, 5.41) is 0. The van der Waals surface area contributed by atoms with Crippen LogP contribution in [0.25, 0.3) is 0 Å². The van der Waals surface area contributed by atoms with Crippen molar-refractivity contribution in [2.24, 2.45) is 11.1 Å².